The highest BCUT2D eigenvalue weighted by atomic mass is 35.5. The highest BCUT2D eigenvalue weighted by Gasteiger charge is 2.15. The molecule has 0 aliphatic rings. The van der Waals surface area contributed by atoms with Gasteiger partial charge in [0.2, 0.25) is 0 Å². The molecule has 24 heavy (non-hydrogen) atoms. The third-order valence-electron chi connectivity index (χ3n) is 3.69. The second-order valence-electron chi connectivity index (χ2n) is 5.35. The van der Waals surface area contributed by atoms with E-state index in [0.29, 0.717) is 19.0 Å². The summed E-state index contributed by atoms with van der Waals surface area (Å²) in [5.41, 5.74) is 2.75. The maximum Gasteiger partial charge on any atom is 0.282 e. The van der Waals surface area contributed by atoms with Crippen molar-refractivity contribution in [2.45, 2.75) is 33.2 Å². The molecule has 0 fully saturated rings. The van der Waals surface area contributed by atoms with Gasteiger partial charge in [0.1, 0.15) is 4.34 Å². The van der Waals surface area contributed by atoms with Crippen molar-refractivity contribution in [1.29, 1.82) is 0 Å². The number of aryl methyl sites for hydroxylation is 2. The van der Waals surface area contributed by atoms with Gasteiger partial charge in [-0.25, -0.2) is 0 Å². The van der Waals surface area contributed by atoms with Gasteiger partial charge in [-0.05, 0) is 36.6 Å². The maximum absolute atomic E-state index is 12.5. The van der Waals surface area contributed by atoms with Gasteiger partial charge in [0, 0.05) is 6.54 Å². The first-order valence-corrected chi connectivity index (χ1v) is 10.1. The fourth-order valence-corrected chi connectivity index (χ4v) is 5.06. The molecule has 1 aromatic carbocycles. The van der Waals surface area contributed by atoms with E-state index in [2.05, 4.69) is 41.6 Å². The number of carbonyl (C=O) groups excluding carboxylic acids is 1. The maximum atomic E-state index is 12.5. The molecule has 0 bridgehead atoms. The standard InChI is InChI=1S/C17H16Cl2N2OS2/c1-3-7-21-12-6-5-10(4-2)8-13(12)23-17(21)20-16(22)11-9-14(18)24-15(11)19/h5-6,8-9H,3-4,7H2,1-2H3. The SMILES string of the molecule is CCCn1c(=NC(=O)c2cc(Cl)sc2Cl)sc2cc(CC)ccc21. The van der Waals surface area contributed by atoms with Gasteiger partial charge < -0.3 is 4.57 Å². The minimum atomic E-state index is -0.352. The average Bonchev–Trinajstić information content (AvgIpc) is 3.07. The van der Waals surface area contributed by atoms with Crippen LogP contribution in [0.3, 0.4) is 0 Å². The molecule has 0 unspecified atom stereocenters. The third-order valence-corrected chi connectivity index (χ3v) is 6.22. The Labute approximate surface area is 158 Å². The van der Waals surface area contributed by atoms with E-state index in [1.165, 1.54) is 28.2 Å². The first-order valence-electron chi connectivity index (χ1n) is 7.69. The predicted octanol–water partition coefficient (Wildman–Crippen LogP) is 5.78. The Morgan fingerprint density at radius 2 is 2.00 bits per heavy atom. The lowest BCUT2D eigenvalue weighted by Gasteiger charge is -2.03. The minimum Gasteiger partial charge on any atom is -0.316 e. The summed E-state index contributed by atoms with van der Waals surface area (Å²) >= 11 is 14.7. The van der Waals surface area contributed by atoms with Crippen molar-refractivity contribution in [2.75, 3.05) is 0 Å². The zero-order chi connectivity index (χ0) is 17.3. The van der Waals surface area contributed by atoms with Crippen LogP contribution in [0.2, 0.25) is 8.67 Å². The lowest BCUT2D eigenvalue weighted by atomic mass is 10.2. The summed E-state index contributed by atoms with van der Waals surface area (Å²) in [7, 11) is 0. The second-order valence-corrected chi connectivity index (χ2v) is 8.64. The lowest BCUT2D eigenvalue weighted by Crippen LogP contribution is -2.16. The number of nitrogens with zero attached hydrogens (tertiary/aromatic N) is 2. The number of rotatable bonds is 4. The molecule has 2 heterocycles. The van der Waals surface area contributed by atoms with E-state index in [9.17, 15) is 4.79 Å². The molecule has 2 aromatic heterocycles. The van der Waals surface area contributed by atoms with Gasteiger partial charge in [-0.1, -0.05) is 54.5 Å². The Morgan fingerprint density at radius 1 is 1.21 bits per heavy atom. The molecule has 1 amide bonds. The Kier molecular flexibility index (Phi) is 5.45. The van der Waals surface area contributed by atoms with Gasteiger partial charge in [-0.15, -0.1) is 11.3 Å². The second kappa shape index (κ2) is 7.40. The first kappa shape index (κ1) is 17.7. The Morgan fingerprint density at radius 3 is 2.62 bits per heavy atom. The van der Waals surface area contributed by atoms with Crippen molar-refractivity contribution in [2.24, 2.45) is 4.99 Å². The summed E-state index contributed by atoms with van der Waals surface area (Å²) in [6.07, 6.45) is 1.95. The van der Waals surface area contributed by atoms with E-state index in [4.69, 9.17) is 23.2 Å². The summed E-state index contributed by atoms with van der Waals surface area (Å²) in [6, 6.07) is 7.98. The van der Waals surface area contributed by atoms with E-state index in [-0.39, 0.29) is 5.91 Å². The van der Waals surface area contributed by atoms with Crippen molar-refractivity contribution in [3.63, 3.8) is 0 Å². The number of thiazole rings is 1. The van der Waals surface area contributed by atoms with Crippen LogP contribution < -0.4 is 4.80 Å². The van der Waals surface area contributed by atoms with Gasteiger partial charge in [-0.3, -0.25) is 4.79 Å². The molecule has 3 rings (SSSR count). The number of aromatic nitrogens is 1. The summed E-state index contributed by atoms with van der Waals surface area (Å²) in [6.45, 7) is 5.06. The van der Waals surface area contributed by atoms with Crippen LogP contribution in [0.1, 0.15) is 36.2 Å². The topological polar surface area (TPSA) is 34.4 Å². The van der Waals surface area contributed by atoms with Gasteiger partial charge in [0.15, 0.2) is 4.80 Å². The molecule has 0 atom stereocenters. The van der Waals surface area contributed by atoms with Crippen LogP contribution in [0.4, 0.5) is 0 Å². The van der Waals surface area contributed by atoms with Gasteiger partial charge in [0.25, 0.3) is 5.91 Å². The fraction of sp³-hybridized carbons (Fsp3) is 0.294. The van der Waals surface area contributed by atoms with E-state index in [0.717, 1.165) is 29.6 Å². The van der Waals surface area contributed by atoms with Crippen molar-refractivity contribution in [3.8, 4) is 0 Å². The Balaban J connectivity index is 2.14. The molecule has 3 aromatic rings. The zero-order valence-corrected chi connectivity index (χ0v) is 16.5. The molecule has 0 radical (unpaired) electrons. The molecule has 0 aliphatic heterocycles. The number of hydrogen-bond acceptors (Lipinski definition) is 3. The normalized spacial score (nSPS) is 12.2. The zero-order valence-electron chi connectivity index (χ0n) is 13.3. The average molecular weight is 399 g/mol. The fourth-order valence-electron chi connectivity index (χ4n) is 2.50. The molecule has 7 heteroatoms. The van der Waals surface area contributed by atoms with Crippen LogP contribution in [-0.4, -0.2) is 10.5 Å². The highest BCUT2D eigenvalue weighted by Crippen LogP contribution is 2.31. The molecule has 0 saturated heterocycles. The largest absolute Gasteiger partial charge is 0.316 e. The predicted molar refractivity (Wildman–Crippen MR) is 104 cm³/mol. The van der Waals surface area contributed by atoms with Crippen molar-refractivity contribution in [3.05, 3.63) is 48.9 Å². The van der Waals surface area contributed by atoms with Gasteiger partial charge in [0.05, 0.1) is 20.1 Å². The van der Waals surface area contributed by atoms with E-state index >= 15 is 0 Å². The molecular formula is C17H16Cl2N2OS2. The number of hydrogen-bond donors (Lipinski definition) is 0. The minimum absolute atomic E-state index is 0.352. The molecule has 126 valence electrons. The van der Waals surface area contributed by atoms with Crippen molar-refractivity contribution < 1.29 is 4.79 Å². The van der Waals surface area contributed by atoms with Crippen molar-refractivity contribution >= 4 is 62.0 Å². The molecule has 0 spiro atoms. The number of benzene rings is 1. The molecule has 3 nitrogen and oxygen atoms in total. The highest BCUT2D eigenvalue weighted by molar-refractivity contribution is 7.20. The van der Waals surface area contributed by atoms with Gasteiger partial charge >= 0.3 is 0 Å². The third kappa shape index (κ3) is 3.45. The van der Waals surface area contributed by atoms with E-state index in [1.807, 2.05) is 0 Å². The number of amides is 1. The summed E-state index contributed by atoms with van der Waals surface area (Å²) in [5.74, 6) is -0.352. The van der Waals surface area contributed by atoms with Crippen LogP contribution in [0, 0.1) is 0 Å². The first-order chi connectivity index (χ1) is 11.5. The number of carbonyl (C=O) groups is 1. The van der Waals surface area contributed by atoms with Crippen LogP contribution in [-0.2, 0) is 13.0 Å². The van der Waals surface area contributed by atoms with Crippen LogP contribution >= 0.6 is 45.9 Å². The van der Waals surface area contributed by atoms with Crippen molar-refractivity contribution in [1.82, 2.24) is 4.57 Å². The van der Waals surface area contributed by atoms with E-state index in [1.54, 1.807) is 6.07 Å². The van der Waals surface area contributed by atoms with Crippen LogP contribution in [0.15, 0.2) is 29.3 Å². The van der Waals surface area contributed by atoms with Crippen LogP contribution in [0.5, 0.6) is 0 Å². The smallest absolute Gasteiger partial charge is 0.282 e. The van der Waals surface area contributed by atoms with Crippen LogP contribution in [0.25, 0.3) is 10.2 Å². The monoisotopic (exact) mass is 398 g/mol. The van der Waals surface area contributed by atoms with Gasteiger partial charge in [-0.2, -0.15) is 4.99 Å². The Bertz CT molecular complexity index is 969. The Hall–Kier alpha value is -1.14. The summed E-state index contributed by atoms with van der Waals surface area (Å²) in [5, 5.41) is 0. The molecule has 0 N–H and O–H groups in total. The lowest BCUT2D eigenvalue weighted by molar-refractivity contribution is 0.0998. The molecule has 0 saturated carbocycles. The number of halogens is 2. The number of fused-ring (bicyclic) bond motifs is 1. The molecular weight excluding hydrogens is 383 g/mol. The summed E-state index contributed by atoms with van der Waals surface area (Å²) < 4.78 is 4.11. The molecule has 0 aliphatic carbocycles. The summed E-state index contributed by atoms with van der Waals surface area (Å²) in [4.78, 5) is 17.5. The number of thiophene rings is 1. The quantitative estimate of drug-likeness (QED) is 0.547. The van der Waals surface area contributed by atoms with E-state index < -0.39 is 0 Å².